The third kappa shape index (κ3) is 5.92. The van der Waals surface area contributed by atoms with Gasteiger partial charge in [-0.05, 0) is 44.7 Å². The standard InChI is InChI=1S/C19H30N4O2S/c1-4-22(5-2)18(24)15-21-10-7-11-23(13-12-21)19(25)20-16-8-6-9-17(14-16)26-3/h6,8-9,14H,4-5,7,10-13,15H2,1-3H3,(H,20,25). The third-order valence-corrected chi connectivity index (χ3v) is 5.40. The summed E-state index contributed by atoms with van der Waals surface area (Å²) in [5.74, 6) is 0.168. The second kappa shape index (κ2) is 10.4. The molecule has 1 aliphatic heterocycles. The van der Waals surface area contributed by atoms with Gasteiger partial charge in [0.15, 0.2) is 0 Å². The van der Waals surface area contributed by atoms with Crippen LogP contribution >= 0.6 is 11.8 Å². The first-order chi connectivity index (χ1) is 12.6. The van der Waals surface area contributed by atoms with Crippen molar-refractivity contribution in [1.82, 2.24) is 14.7 Å². The van der Waals surface area contributed by atoms with E-state index in [1.807, 2.05) is 54.2 Å². The molecule has 0 unspecified atom stereocenters. The first-order valence-corrected chi connectivity index (χ1v) is 10.5. The zero-order valence-corrected chi connectivity index (χ0v) is 16.8. The zero-order chi connectivity index (χ0) is 18.9. The molecule has 2 rings (SSSR count). The van der Waals surface area contributed by atoms with Gasteiger partial charge in [0.05, 0.1) is 6.54 Å². The molecule has 0 aromatic heterocycles. The average Bonchev–Trinajstić information content (AvgIpc) is 2.88. The fraction of sp³-hybridized carbons (Fsp3) is 0.579. The van der Waals surface area contributed by atoms with Crippen LogP contribution in [0.25, 0.3) is 0 Å². The number of benzene rings is 1. The van der Waals surface area contributed by atoms with Crippen molar-refractivity contribution in [1.29, 1.82) is 0 Å². The molecule has 144 valence electrons. The monoisotopic (exact) mass is 378 g/mol. The number of nitrogens with zero attached hydrogens (tertiary/aromatic N) is 3. The van der Waals surface area contributed by atoms with Crippen LogP contribution < -0.4 is 5.32 Å². The molecule has 7 heteroatoms. The van der Waals surface area contributed by atoms with E-state index in [0.717, 1.165) is 43.2 Å². The Morgan fingerprint density at radius 1 is 1.15 bits per heavy atom. The maximum atomic E-state index is 12.6. The minimum Gasteiger partial charge on any atom is -0.342 e. The maximum absolute atomic E-state index is 12.6. The normalized spacial score (nSPS) is 15.4. The van der Waals surface area contributed by atoms with Gasteiger partial charge in [-0.15, -0.1) is 11.8 Å². The topological polar surface area (TPSA) is 55.9 Å². The van der Waals surface area contributed by atoms with E-state index in [9.17, 15) is 9.59 Å². The molecule has 0 bridgehead atoms. The molecule has 1 aromatic rings. The predicted octanol–water partition coefficient (Wildman–Crippen LogP) is 2.82. The quantitative estimate of drug-likeness (QED) is 0.774. The summed E-state index contributed by atoms with van der Waals surface area (Å²) >= 11 is 1.65. The molecule has 26 heavy (non-hydrogen) atoms. The average molecular weight is 379 g/mol. The molecular formula is C19H30N4O2S. The van der Waals surface area contributed by atoms with Crippen LogP contribution in [0.1, 0.15) is 20.3 Å². The summed E-state index contributed by atoms with van der Waals surface area (Å²) in [6, 6.07) is 7.79. The number of amides is 3. The molecule has 1 aromatic carbocycles. The van der Waals surface area contributed by atoms with Crippen molar-refractivity contribution < 1.29 is 9.59 Å². The van der Waals surface area contributed by atoms with Gasteiger partial charge in [-0.3, -0.25) is 9.69 Å². The number of rotatable bonds is 6. The summed E-state index contributed by atoms with van der Waals surface area (Å²) in [5, 5.41) is 2.99. The molecule has 1 saturated heterocycles. The summed E-state index contributed by atoms with van der Waals surface area (Å²) < 4.78 is 0. The highest BCUT2D eigenvalue weighted by atomic mass is 32.2. The van der Waals surface area contributed by atoms with Gasteiger partial charge >= 0.3 is 6.03 Å². The van der Waals surface area contributed by atoms with Crippen molar-refractivity contribution in [3.8, 4) is 0 Å². The Morgan fingerprint density at radius 2 is 1.92 bits per heavy atom. The predicted molar refractivity (Wildman–Crippen MR) is 108 cm³/mol. The zero-order valence-electron chi connectivity index (χ0n) is 16.0. The van der Waals surface area contributed by atoms with Gasteiger partial charge in [0.1, 0.15) is 0 Å². The summed E-state index contributed by atoms with van der Waals surface area (Å²) in [7, 11) is 0. The molecule has 3 amide bonds. The Bertz CT molecular complexity index is 607. The number of thioether (sulfide) groups is 1. The van der Waals surface area contributed by atoms with E-state index in [1.165, 1.54) is 0 Å². The van der Waals surface area contributed by atoms with E-state index in [1.54, 1.807) is 11.8 Å². The number of likely N-dealkylation sites (N-methyl/N-ethyl adjacent to an activating group) is 1. The van der Waals surface area contributed by atoms with Crippen LogP contribution in [-0.2, 0) is 4.79 Å². The van der Waals surface area contributed by atoms with Crippen LogP contribution in [0.2, 0.25) is 0 Å². The van der Waals surface area contributed by atoms with Crippen LogP contribution in [-0.4, -0.2) is 78.7 Å². The fourth-order valence-corrected chi connectivity index (χ4v) is 3.56. The second-order valence-corrected chi connectivity index (χ2v) is 7.22. The molecule has 0 spiro atoms. The van der Waals surface area contributed by atoms with Gasteiger partial charge in [-0.25, -0.2) is 4.79 Å². The Hall–Kier alpha value is -1.73. The maximum Gasteiger partial charge on any atom is 0.321 e. The Morgan fingerprint density at radius 3 is 2.62 bits per heavy atom. The SMILES string of the molecule is CCN(CC)C(=O)CN1CCCN(C(=O)Nc2cccc(SC)c2)CC1. The van der Waals surface area contributed by atoms with E-state index in [0.29, 0.717) is 19.6 Å². The highest BCUT2D eigenvalue weighted by Crippen LogP contribution is 2.19. The molecule has 6 nitrogen and oxygen atoms in total. The third-order valence-electron chi connectivity index (χ3n) is 4.67. The lowest BCUT2D eigenvalue weighted by Crippen LogP contribution is -2.42. The van der Waals surface area contributed by atoms with Gasteiger partial charge in [-0.2, -0.15) is 0 Å². The van der Waals surface area contributed by atoms with Crippen LogP contribution in [0, 0.1) is 0 Å². The van der Waals surface area contributed by atoms with Gasteiger partial charge in [0.25, 0.3) is 0 Å². The van der Waals surface area contributed by atoms with Gasteiger partial charge < -0.3 is 15.1 Å². The lowest BCUT2D eigenvalue weighted by molar-refractivity contribution is -0.132. The number of hydrogen-bond acceptors (Lipinski definition) is 4. The molecule has 1 heterocycles. The number of carbonyl (C=O) groups excluding carboxylic acids is 2. The highest BCUT2D eigenvalue weighted by Gasteiger charge is 2.21. The molecule has 1 fully saturated rings. The van der Waals surface area contributed by atoms with E-state index in [4.69, 9.17) is 0 Å². The molecule has 0 radical (unpaired) electrons. The van der Waals surface area contributed by atoms with Gasteiger partial charge in [0, 0.05) is 49.9 Å². The summed E-state index contributed by atoms with van der Waals surface area (Å²) in [5.41, 5.74) is 0.819. The molecule has 0 saturated carbocycles. The summed E-state index contributed by atoms with van der Waals surface area (Å²) in [6.45, 7) is 8.85. The number of hydrogen-bond donors (Lipinski definition) is 1. The highest BCUT2D eigenvalue weighted by molar-refractivity contribution is 7.98. The van der Waals surface area contributed by atoms with E-state index >= 15 is 0 Å². The van der Waals surface area contributed by atoms with Crippen molar-refractivity contribution in [3.05, 3.63) is 24.3 Å². The number of carbonyl (C=O) groups is 2. The van der Waals surface area contributed by atoms with Gasteiger partial charge in [-0.1, -0.05) is 6.07 Å². The van der Waals surface area contributed by atoms with Crippen molar-refractivity contribution in [2.75, 3.05) is 57.4 Å². The van der Waals surface area contributed by atoms with Crippen LogP contribution in [0.15, 0.2) is 29.2 Å². The first-order valence-electron chi connectivity index (χ1n) is 9.27. The van der Waals surface area contributed by atoms with Crippen molar-refractivity contribution in [2.24, 2.45) is 0 Å². The number of anilines is 1. The van der Waals surface area contributed by atoms with Crippen LogP contribution in [0.5, 0.6) is 0 Å². The van der Waals surface area contributed by atoms with Crippen molar-refractivity contribution in [2.45, 2.75) is 25.2 Å². The first kappa shape index (κ1) is 20.6. The lowest BCUT2D eigenvalue weighted by atomic mass is 10.3. The lowest BCUT2D eigenvalue weighted by Gasteiger charge is -2.25. The van der Waals surface area contributed by atoms with Crippen LogP contribution in [0.4, 0.5) is 10.5 Å². The molecule has 0 atom stereocenters. The van der Waals surface area contributed by atoms with E-state index in [2.05, 4.69) is 10.2 Å². The number of nitrogens with one attached hydrogen (secondary N) is 1. The smallest absolute Gasteiger partial charge is 0.321 e. The van der Waals surface area contributed by atoms with E-state index < -0.39 is 0 Å². The second-order valence-electron chi connectivity index (χ2n) is 6.34. The largest absolute Gasteiger partial charge is 0.342 e. The van der Waals surface area contributed by atoms with Crippen LogP contribution in [0.3, 0.4) is 0 Å². The Balaban J connectivity index is 1.87. The Labute approximate surface area is 160 Å². The Kier molecular flexibility index (Phi) is 8.25. The van der Waals surface area contributed by atoms with Crippen molar-refractivity contribution in [3.63, 3.8) is 0 Å². The minimum absolute atomic E-state index is 0.0693. The molecule has 1 aliphatic rings. The van der Waals surface area contributed by atoms with Crippen molar-refractivity contribution >= 4 is 29.4 Å². The fourth-order valence-electron chi connectivity index (χ4n) is 3.10. The summed E-state index contributed by atoms with van der Waals surface area (Å²) in [6.07, 6.45) is 2.90. The minimum atomic E-state index is -0.0693. The molecule has 0 aliphatic carbocycles. The number of urea groups is 1. The van der Waals surface area contributed by atoms with E-state index in [-0.39, 0.29) is 11.9 Å². The van der Waals surface area contributed by atoms with Gasteiger partial charge in [0.2, 0.25) is 5.91 Å². The molecular weight excluding hydrogens is 348 g/mol. The molecule has 1 N–H and O–H groups in total. The summed E-state index contributed by atoms with van der Waals surface area (Å²) in [4.78, 5) is 31.8.